The summed E-state index contributed by atoms with van der Waals surface area (Å²) in [6, 6.07) is 4.93. The molecule has 0 radical (unpaired) electrons. The molecule has 5 nitrogen and oxygen atoms in total. The molecule has 0 amide bonds. The Labute approximate surface area is 130 Å². The summed E-state index contributed by atoms with van der Waals surface area (Å²) in [7, 11) is 0. The third-order valence-electron chi connectivity index (χ3n) is 4.03. The molecule has 6 heteroatoms. The van der Waals surface area contributed by atoms with E-state index in [-0.39, 0.29) is 10.6 Å². The molecule has 0 spiro atoms. The summed E-state index contributed by atoms with van der Waals surface area (Å²) in [6.07, 6.45) is 2.29. The van der Waals surface area contributed by atoms with Gasteiger partial charge in [0.1, 0.15) is 0 Å². The second kappa shape index (κ2) is 7.73. The van der Waals surface area contributed by atoms with E-state index in [0.717, 1.165) is 50.5 Å². The summed E-state index contributed by atoms with van der Waals surface area (Å²) in [4.78, 5) is 13.0. The van der Waals surface area contributed by atoms with Crippen LogP contribution in [-0.2, 0) is 6.54 Å². The standard InChI is InChI=1S/C15H22ClN3O2/c1-2-17-10-12-5-7-18(8-6-12)11-13-3-4-14(16)9-15(13)19(20)21/h3-4,9,12,17H,2,5-8,10-11H2,1H3. The number of piperidine rings is 1. The number of nitrogens with zero attached hydrogens (tertiary/aromatic N) is 2. The molecular weight excluding hydrogens is 290 g/mol. The lowest BCUT2D eigenvalue weighted by Crippen LogP contribution is -2.37. The summed E-state index contributed by atoms with van der Waals surface area (Å²) >= 11 is 5.85. The molecule has 1 aliphatic rings. The third kappa shape index (κ3) is 4.66. The lowest BCUT2D eigenvalue weighted by Gasteiger charge is -2.31. The van der Waals surface area contributed by atoms with E-state index in [2.05, 4.69) is 17.1 Å². The van der Waals surface area contributed by atoms with Gasteiger partial charge in [0.15, 0.2) is 0 Å². The average molecular weight is 312 g/mol. The van der Waals surface area contributed by atoms with E-state index < -0.39 is 0 Å². The second-order valence-corrected chi connectivity index (χ2v) is 5.99. The molecule has 0 aliphatic carbocycles. The number of nitro benzene ring substituents is 1. The van der Waals surface area contributed by atoms with Crippen molar-refractivity contribution in [3.8, 4) is 0 Å². The molecule has 1 fully saturated rings. The van der Waals surface area contributed by atoms with E-state index in [1.54, 1.807) is 12.1 Å². The van der Waals surface area contributed by atoms with Crippen molar-refractivity contribution in [2.75, 3.05) is 26.2 Å². The molecule has 0 atom stereocenters. The van der Waals surface area contributed by atoms with Gasteiger partial charge in [-0.05, 0) is 57.1 Å². The van der Waals surface area contributed by atoms with Crippen LogP contribution in [0.4, 0.5) is 5.69 Å². The maximum Gasteiger partial charge on any atom is 0.275 e. The van der Waals surface area contributed by atoms with Gasteiger partial charge in [-0.1, -0.05) is 18.5 Å². The van der Waals surface area contributed by atoms with Gasteiger partial charge in [-0.3, -0.25) is 15.0 Å². The molecule has 2 rings (SSSR count). The first-order valence-electron chi connectivity index (χ1n) is 7.46. The van der Waals surface area contributed by atoms with Gasteiger partial charge < -0.3 is 5.32 Å². The molecule has 1 aromatic carbocycles. The van der Waals surface area contributed by atoms with Crippen LogP contribution in [0.5, 0.6) is 0 Å². The number of hydrogen-bond donors (Lipinski definition) is 1. The summed E-state index contributed by atoms with van der Waals surface area (Å²) in [5.41, 5.74) is 0.867. The highest BCUT2D eigenvalue weighted by molar-refractivity contribution is 6.30. The van der Waals surface area contributed by atoms with Crippen LogP contribution < -0.4 is 5.32 Å². The van der Waals surface area contributed by atoms with Gasteiger partial charge in [0, 0.05) is 23.2 Å². The van der Waals surface area contributed by atoms with Gasteiger partial charge in [-0.2, -0.15) is 0 Å². The lowest BCUT2D eigenvalue weighted by molar-refractivity contribution is -0.385. The van der Waals surface area contributed by atoms with Crippen molar-refractivity contribution in [1.82, 2.24) is 10.2 Å². The van der Waals surface area contributed by atoms with Crippen LogP contribution in [0.25, 0.3) is 0 Å². The van der Waals surface area contributed by atoms with E-state index in [0.29, 0.717) is 11.6 Å². The van der Waals surface area contributed by atoms with Crippen molar-refractivity contribution >= 4 is 17.3 Å². The molecule has 116 valence electrons. The minimum atomic E-state index is -0.348. The average Bonchev–Trinajstić information content (AvgIpc) is 2.48. The van der Waals surface area contributed by atoms with E-state index in [1.807, 2.05) is 0 Å². The predicted molar refractivity (Wildman–Crippen MR) is 84.7 cm³/mol. The van der Waals surface area contributed by atoms with Crippen LogP contribution in [0.15, 0.2) is 18.2 Å². The maximum atomic E-state index is 11.1. The monoisotopic (exact) mass is 311 g/mol. The van der Waals surface area contributed by atoms with Crippen LogP contribution >= 0.6 is 11.6 Å². The number of benzene rings is 1. The Kier molecular flexibility index (Phi) is 5.96. The summed E-state index contributed by atoms with van der Waals surface area (Å²) in [6.45, 7) is 6.82. The number of nitro groups is 1. The fraction of sp³-hybridized carbons (Fsp3) is 0.600. The van der Waals surface area contributed by atoms with E-state index in [4.69, 9.17) is 11.6 Å². The number of nitrogens with one attached hydrogen (secondary N) is 1. The second-order valence-electron chi connectivity index (χ2n) is 5.56. The SMILES string of the molecule is CCNCC1CCN(Cc2ccc(Cl)cc2[N+](=O)[O-])CC1. The Bertz CT molecular complexity index is 488. The largest absolute Gasteiger partial charge is 0.317 e. The molecule has 1 aromatic rings. The molecular formula is C15H22ClN3O2. The molecule has 1 saturated heterocycles. The molecule has 0 unspecified atom stereocenters. The first-order chi connectivity index (χ1) is 10.1. The van der Waals surface area contributed by atoms with Crippen LogP contribution in [0.3, 0.4) is 0 Å². The van der Waals surface area contributed by atoms with Crippen molar-refractivity contribution < 1.29 is 4.92 Å². The predicted octanol–water partition coefficient (Wildman–Crippen LogP) is 3.07. The number of halogens is 1. The summed E-state index contributed by atoms with van der Waals surface area (Å²) < 4.78 is 0. The minimum absolute atomic E-state index is 0.122. The van der Waals surface area contributed by atoms with Crippen molar-refractivity contribution in [2.24, 2.45) is 5.92 Å². The van der Waals surface area contributed by atoms with Crippen LogP contribution in [0.2, 0.25) is 5.02 Å². The number of likely N-dealkylation sites (tertiary alicyclic amines) is 1. The molecule has 0 aromatic heterocycles. The normalized spacial score (nSPS) is 17.0. The zero-order valence-corrected chi connectivity index (χ0v) is 13.1. The van der Waals surface area contributed by atoms with Gasteiger partial charge in [0.2, 0.25) is 0 Å². The Balaban J connectivity index is 1.93. The quantitative estimate of drug-likeness (QED) is 0.648. The Morgan fingerprint density at radius 1 is 1.43 bits per heavy atom. The highest BCUT2D eigenvalue weighted by atomic mass is 35.5. The van der Waals surface area contributed by atoms with Crippen molar-refractivity contribution in [2.45, 2.75) is 26.3 Å². The van der Waals surface area contributed by atoms with E-state index >= 15 is 0 Å². The van der Waals surface area contributed by atoms with Crippen LogP contribution in [0, 0.1) is 16.0 Å². The molecule has 0 saturated carbocycles. The molecule has 1 aliphatic heterocycles. The Hall–Kier alpha value is -1.17. The minimum Gasteiger partial charge on any atom is -0.317 e. The number of rotatable bonds is 6. The first kappa shape index (κ1) is 16.2. The zero-order chi connectivity index (χ0) is 15.2. The molecule has 0 bridgehead atoms. The van der Waals surface area contributed by atoms with Crippen molar-refractivity contribution in [3.63, 3.8) is 0 Å². The van der Waals surface area contributed by atoms with Crippen LogP contribution in [-0.4, -0.2) is 36.0 Å². The lowest BCUT2D eigenvalue weighted by atomic mass is 9.96. The first-order valence-corrected chi connectivity index (χ1v) is 7.83. The fourth-order valence-electron chi connectivity index (χ4n) is 2.78. The van der Waals surface area contributed by atoms with E-state index in [9.17, 15) is 10.1 Å². The molecule has 1 heterocycles. The van der Waals surface area contributed by atoms with E-state index in [1.165, 1.54) is 6.07 Å². The zero-order valence-electron chi connectivity index (χ0n) is 12.3. The fourth-order valence-corrected chi connectivity index (χ4v) is 2.95. The molecule has 1 N–H and O–H groups in total. The molecule has 21 heavy (non-hydrogen) atoms. The Morgan fingerprint density at radius 3 is 2.76 bits per heavy atom. The smallest absolute Gasteiger partial charge is 0.275 e. The maximum absolute atomic E-state index is 11.1. The Morgan fingerprint density at radius 2 is 2.14 bits per heavy atom. The summed E-state index contributed by atoms with van der Waals surface area (Å²) in [5.74, 6) is 0.724. The van der Waals surface area contributed by atoms with Gasteiger partial charge in [-0.25, -0.2) is 0 Å². The van der Waals surface area contributed by atoms with Crippen molar-refractivity contribution in [3.05, 3.63) is 38.9 Å². The van der Waals surface area contributed by atoms with Gasteiger partial charge in [-0.15, -0.1) is 0 Å². The van der Waals surface area contributed by atoms with Gasteiger partial charge in [0.25, 0.3) is 5.69 Å². The highest BCUT2D eigenvalue weighted by Crippen LogP contribution is 2.26. The topological polar surface area (TPSA) is 58.4 Å². The summed E-state index contributed by atoms with van der Waals surface area (Å²) in [5, 5.41) is 14.9. The number of hydrogen-bond acceptors (Lipinski definition) is 4. The van der Waals surface area contributed by atoms with Gasteiger partial charge in [0.05, 0.1) is 4.92 Å². The van der Waals surface area contributed by atoms with Crippen LogP contribution in [0.1, 0.15) is 25.3 Å². The van der Waals surface area contributed by atoms with Gasteiger partial charge >= 0.3 is 0 Å². The highest BCUT2D eigenvalue weighted by Gasteiger charge is 2.22. The third-order valence-corrected chi connectivity index (χ3v) is 4.26. The van der Waals surface area contributed by atoms with Crippen molar-refractivity contribution in [1.29, 1.82) is 0 Å².